The molecule has 2 nitrogen and oxygen atoms in total. The van der Waals surface area contributed by atoms with E-state index in [0.717, 1.165) is 20.6 Å². The van der Waals surface area contributed by atoms with Crippen molar-refractivity contribution in [3.05, 3.63) is 44.9 Å². The van der Waals surface area contributed by atoms with Gasteiger partial charge in [-0.05, 0) is 49.8 Å². The summed E-state index contributed by atoms with van der Waals surface area (Å²) < 4.78 is 3.87. The number of nitrogens with zero attached hydrogens (tertiary/aromatic N) is 1. The maximum atomic E-state index is 5.23. The summed E-state index contributed by atoms with van der Waals surface area (Å²) >= 11 is 8.71. The molecule has 0 saturated carbocycles. The molecule has 2 aromatic rings. The van der Waals surface area contributed by atoms with Gasteiger partial charge in [0.1, 0.15) is 0 Å². The number of hydrogen-bond donors (Lipinski definition) is 1. The van der Waals surface area contributed by atoms with E-state index in [0.29, 0.717) is 0 Å². The fourth-order valence-corrected chi connectivity index (χ4v) is 2.10. The van der Waals surface area contributed by atoms with Gasteiger partial charge in [0.25, 0.3) is 0 Å². The van der Waals surface area contributed by atoms with Crippen LogP contribution >= 0.6 is 28.1 Å². The van der Waals surface area contributed by atoms with E-state index in [1.54, 1.807) is 0 Å². The molecule has 0 aliphatic rings. The molecule has 1 aromatic carbocycles. The average molecular weight is 283 g/mol. The second-order valence-corrected chi connectivity index (χ2v) is 4.75. The lowest BCUT2D eigenvalue weighted by molar-refractivity contribution is 0.982. The molecular weight excluding hydrogens is 272 g/mol. The van der Waals surface area contributed by atoms with Gasteiger partial charge in [-0.15, -0.1) is 0 Å². The Bertz CT molecular complexity index is 554. The first-order chi connectivity index (χ1) is 7.09. The minimum atomic E-state index is 0.731. The molecule has 2 rings (SSSR count). The van der Waals surface area contributed by atoms with Gasteiger partial charge >= 0.3 is 0 Å². The summed E-state index contributed by atoms with van der Waals surface area (Å²) in [6, 6.07) is 6.20. The molecule has 0 unspecified atom stereocenters. The smallest absolute Gasteiger partial charge is 0.182 e. The third kappa shape index (κ3) is 1.92. The Hall–Kier alpha value is -0.870. The first-order valence-corrected chi connectivity index (χ1v) is 5.83. The Kier molecular flexibility index (Phi) is 2.80. The zero-order valence-corrected chi connectivity index (χ0v) is 10.9. The molecule has 0 saturated heterocycles. The molecular formula is C11H11BrN2S. The molecule has 0 bridgehead atoms. The number of hydrogen-bond acceptors (Lipinski definition) is 1. The molecule has 0 radical (unpaired) electrons. The maximum Gasteiger partial charge on any atom is 0.182 e. The summed E-state index contributed by atoms with van der Waals surface area (Å²) in [7, 11) is 0. The number of halogens is 1. The van der Waals surface area contributed by atoms with Crippen LogP contribution in [0.1, 0.15) is 11.3 Å². The number of H-pyrrole nitrogens is 1. The van der Waals surface area contributed by atoms with Crippen LogP contribution in [0.2, 0.25) is 0 Å². The van der Waals surface area contributed by atoms with Gasteiger partial charge in [0.15, 0.2) is 4.77 Å². The van der Waals surface area contributed by atoms with Gasteiger partial charge in [0.2, 0.25) is 0 Å². The van der Waals surface area contributed by atoms with E-state index in [-0.39, 0.29) is 0 Å². The highest BCUT2D eigenvalue weighted by atomic mass is 79.9. The fraction of sp³-hybridized carbons (Fsp3) is 0.182. The molecule has 1 N–H and O–H groups in total. The fourth-order valence-electron chi connectivity index (χ4n) is 1.54. The van der Waals surface area contributed by atoms with Crippen molar-refractivity contribution in [3.8, 4) is 5.69 Å². The Balaban J connectivity index is 2.65. The second kappa shape index (κ2) is 3.94. The van der Waals surface area contributed by atoms with Crippen molar-refractivity contribution >= 4 is 28.1 Å². The van der Waals surface area contributed by atoms with Crippen LogP contribution in [-0.2, 0) is 0 Å². The normalized spacial score (nSPS) is 10.6. The topological polar surface area (TPSA) is 20.7 Å². The molecule has 1 aromatic heterocycles. The van der Waals surface area contributed by atoms with Gasteiger partial charge in [-0.25, -0.2) is 0 Å². The van der Waals surface area contributed by atoms with Gasteiger partial charge in [-0.2, -0.15) is 0 Å². The van der Waals surface area contributed by atoms with Crippen LogP contribution < -0.4 is 0 Å². The number of nitrogens with one attached hydrogen (secondary N) is 1. The third-order valence-electron chi connectivity index (χ3n) is 2.36. The van der Waals surface area contributed by atoms with E-state index in [9.17, 15) is 0 Å². The van der Waals surface area contributed by atoms with E-state index >= 15 is 0 Å². The van der Waals surface area contributed by atoms with Gasteiger partial charge in [0.05, 0.1) is 0 Å². The Morgan fingerprint density at radius 2 is 2.07 bits per heavy atom. The van der Waals surface area contributed by atoms with Gasteiger partial charge in [-0.3, -0.25) is 4.57 Å². The molecule has 4 heteroatoms. The molecule has 0 aliphatic heterocycles. The highest BCUT2D eigenvalue weighted by molar-refractivity contribution is 9.10. The standard InChI is InChI=1S/C11H11BrN2S/c1-7-5-9(3-4-10(7)12)14-8(2)6-13-11(14)15/h3-6H,1-2H3,(H,13,15). The lowest BCUT2D eigenvalue weighted by Gasteiger charge is -2.07. The Morgan fingerprint density at radius 1 is 1.33 bits per heavy atom. The summed E-state index contributed by atoms with van der Waals surface area (Å²) in [5, 5.41) is 0. The van der Waals surface area contributed by atoms with Crippen LogP contribution in [0.5, 0.6) is 0 Å². The van der Waals surface area contributed by atoms with E-state index in [1.807, 2.05) is 29.8 Å². The van der Waals surface area contributed by atoms with Gasteiger partial charge in [-0.1, -0.05) is 15.9 Å². The van der Waals surface area contributed by atoms with Crippen molar-refractivity contribution in [2.75, 3.05) is 0 Å². The van der Waals surface area contributed by atoms with Crippen LogP contribution in [0.4, 0.5) is 0 Å². The minimum Gasteiger partial charge on any atom is -0.337 e. The molecule has 78 valence electrons. The molecule has 0 fully saturated rings. The maximum absolute atomic E-state index is 5.23. The number of aryl methyl sites for hydroxylation is 2. The number of aromatic nitrogens is 2. The number of rotatable bonds is 1. The SMILES string of the molecule is Cc1cc(-n2c(C)c[nH]c2=S)ccc1Br. The van der Waals surface area contributed by atoms with Crippen LogP contribution in [0, 0.1) is 18.6 Å². The molecule has 15 heavy (non-hydrogen) atoms. The summed E-state index contributed by atoms with van der Waals surface area (Å²) in [4.78, 5) is 3.04. The number of aromatic amines is 1. The molecule has 0 aliphatic carbocycles. The predicted molar refractivity (Wildman–Crippen MR) is 68.1 cm³/mol. The lowest BCUT2D eigenvalue weighted by Crippen LogP contribution is -1.96. The van der Waals surface area contributed by atoms with Crippen molar-refractivity contribution in [3.63, 3.8) is 0 Å². The summed E-state index contributed by atoms with van der Waals surface area (Å²) in [6.07, 6.45) is 1.92. The predicted octanol–water partition coefficient (Wildman–Crippen LogP) is 3.91. The van der Waals surface area contributed by atoms with Crippen LogP contribution in [0.15, 0.2) is 28.9 Å². The van der Waals surface area contributed by atoms with Crippen LogP contribution in [0.25, 0.3) is 5.69 Å². The average Bonchev–Trinajstić information content (AvgIpc) is 2.52. The molecule has 1 heterocycles. The van der Waals surface area contributed by atoms with Crippen molar-refractivity contribution in [1.82, 2.24) is 9.55 Å². The Morgan fingerprint density at radius 3 is 2.60 bits per heavy atom. The minimum absolute atomic E-state index is 0.731. The summed E-state index contributed by atoms with van der Waals surface area (Å²) in [6.45, 7) is 4.10. The van der Waals surface area contributed by atoms with Crippen molar-refractivity contribution in [1.29, 1.82) is 0 Å². The highest BCUT2D eigenvalue weighted by Crippen LogP contribution is 2.20. The Labute approximate surface area is 102 Å². The van der Waals surface area contributed by atoms with E-state index in [4.69, 9.17) is 12.2 Å². The first kappa shape index (κ1) is 10.6. The molecule has 0 spiro atoms. The van der Waals surface area contributed by atoms with Crippen molar-refractivity contribution < 1.29 is 0 Å². The molecule has 0 amide bonds. The van der Waals surface area contributed by atoms with Crippen LogP contribution in [-0.4, -0.2) is 9.55 Å². The number of benzene rings is 1. The third-order valence-corrected chi connectivity index (χ3v) is 3.55. The number of imidazole rings is 1. The quantitative estimate of drug-likeness (QED) is 0.787. The van der Waals surface area contributed by atoms with Crippen molar-refractivity contribution in [2.45, 2.75) is 13.8 Å². The second-order valence-electron chi connectivity index (χ2n) is 3.50. The molecule has 0 atom stereocenters. The summed E-state index contributed by atoms with van der Waals surface area (Å²) in [5.74, 6) is 0. The van der Waals surface area contributed by atoms with E-state index in [2.05, 4.69) is 33.9 Å². The van der Waals surface area contributed by atoms with Gasteiger partial charge < -0.3 is 4.98 Å². The summed E-state index contributed by atoms with van der Waals surface area (Å²) in [5.41, 5.74) is 3.41. The monoisotopic (exact) mass is 282 g/mol. The van der Waals surface area contributed by atoms with E-state index < -0.39 is 0 Å². The van der Waals surface area contributed by atoms with Gasteiger partial charge in [0, 0.05) is 22.1 Å². The highest BCUT2D eigenvalue weighted by Gasteiger charge is 2.03. The zero-order valence-electron chi connectivity index (χ0n) is 8.54. The van der Waals surface area contributed by atoms with E-state index in [1.165, 1.54) is 5.56 Å². The lowest BCUT2D eigenvalue weighted by atomic mass is 10.2. The van der Waals surface area contributed by atoms with Crippen LogP contribution in [0.3, 0.4) is 0 Å². The zero-order chi connectivity index (χ0) is 11.0. The van der Waals surface area contributed by atoms with Crippen molar-refractivity contribution in [2.24, 2.45) is 0 Å². The largest absolute Gasteiger partial charge is 0.337 e. The first-order valence-electron chi connectivity index (χ1n) is 4.63.